The van der Waals surface area contributed by atoms with Crippen molar-refractivity contribution in [1.29, 1.82) is 0 Å². The fourth-order valence-electron chi connectivity index (χ4n) is 2.52. The number of aryl methyl sites for hydroxylation is 2. The van der Waals surface area contributed by atoms with Gasteiger partial charge in [0.2, 0.25) is 0 Å². The van der Waals surface area contributed by atoms with Crippen LogP contribution in [0.3, 0.4) is 0 Å². The van der Waals surface area contributed by atoms with Crippen LogP contribution in [-0.4, -0.2) is 44.3 Å². The Kier molecular flexibility index (Phi) is 7.94. The number of ether oxygens (including phenoxy) is 1. The molecule has 0 bridgehead atoms. The van der Waals surface area contributed by atoms with Gasteiger partial charge in [-0.05, 0) is 50.9 Å². The number of likely N-dealkylation sites (N-methyl/N-ethyl adjacent to an activating group) is 1. The highest BCUT2D eigenvalue weighted by molar-refractivity contribution is 5.32. The summed E-state index contributed by atoms with van der Waals surface area (Å²) >= 11 is 0. The van der Waals surface area contributed by atoms with Gasteiger partial charge in [0, 0.05) is 32.3 Å². The number of nitrogens with zero attached hydrogens (tertiary/aromatic N) is 1. The van der Waals surface area contributed by atoms with Crippen molar-refractivity contribution in [3.05, 3.63) is 34.9 Å². The van der Waals surface area contributed by atoms with E-state index in [0.717, 1.165) is 26.2 Å². The van der Waals surface area contributed by atoms with Gasteiger partial charge in [0.05, 0.1) is 6.61 Å². The highest BCUT2D eigenvalue weighted by Gasteiger charge is 2.17. The molecule has 1 rings (SSSR count). The zero-order valence-electron chi connectivity index (χ0n) is 14.6. The molecule has 0 heterocycles. The maximum atomic E-state index is 5.24. The minimum atomic E-state index is 0.369. The molecule has 0 spiro atoms. The maximum absolute atomic E-state index is 5.24. The van der Waals surface area contributed by atoms with Gasteiger partial charge in [-0.1, -0.05) is 25.1 Å². The first-order valence-corrected chi connectivity index (χ1v) is 8.03. The first-order chi connectivity index (χ1) is 9.99. The van der Waals surface area contributed by atoms with E-state index in [9.17, 15) is 0 Å². The van der Waals surface area contributed by atoms with Gasteiger partial charge in [0.15, 0.2) is 0 Å². The van der Waals surface area contributed by atoms with Crippen molar-refractivity contribution in [2.45, 2.75) is 46.7 Å². The molecule has 0 aliphatic rings. The van der Waals surface area contributed by atoms with E-state index in [4.69, 9.17) is 4.74 Å². The summed E-state index contributed by atoms with van der Waals surface area (Å²) in [6.07, 6.45) is 0. The Bertz CT molecular complexity index is 418. The van der Waals surface area contributed by atoms with Crippen LogP contribution in [0, 0.1) is 13.8 Å². The van der Waals surface area contributed by atoms with E-state index in [1.807, 2.05) is 0 Å². The van der Waals surface area contributed by atoms with Gasteiger partial charge in [0.25, 0.3) is 0 Å². The first-order valence-electron chi connectivity index (χ1n) is 8.03. The second kappa shape index (κ2) is 9.19. The summed E-state index contributed by atoms with van der Waals surface area (Å²) in [7, 11) is 1.77. The molecule has 0 aliphatic heterocycles. The quantitative estimate of drug-likeness (QED) is 0.756. The molecule has 0 saturated carbocycles. The molecule has 0 aromatic heterocycles. The van der Waals surface area contributed by atoms with Crippen LogP contribution in [0.4, 0.5) is 0 Å². The van der Waals surface area contributed by atoms with Crippen LogP contribution >= 0.6 is 0 Å². The number of benzene rings is 1. The Hall–Kier alpha value is -0.900. The summed E-state index contributed by atoms with van der Waals surface area (Å²) in [6, 6.07) is 7.69. The van der Waals surface area contributed by atoms with Gasteiger partial charge in [-0.3, -0.25) is 4.90 Å². The van der Waals surface area contributed by atoms with E-state index in [-0.39, 0.29) is 0 Å². The van der Waals surface area contributed by atoms with Crippen molar-refractivity contribution < 1.29 is 4.74 Å². The van der Waals surface area contributed by atoms with Gasteiger partial charge in [-0.15, -0.1) is 0 Å². The molecule has 1 unspecified atom stereocenters. The van der Waals surface area contributed by atoms with Gasteiger partial charge >= 0.3 is 0 Å². The highest BCUT2D eigenvalue weighted by Crippen LogP contribution is 2.19. The molecule has 3 nitrogen and oxygen atoms in total. The van der Waals surface area contributed by atoms with Crippen molar-refractivity contribution in [2.75, 3.05) is 33.4 Å². The van der Waals surface area contributed by atoms with E-state index in [0.29, 0.717) is 12.1 Å². The summed E-state index contributed by atoms with van der Waals surface area (Å²) in [5, 5.41) is 3.62. The Morgan fingerprint density at radius 3 is 2.43 bits per heavy atom. The van der Waals surface area contributed by atoms with Crippen LogP contribution in [0.5, 0.6) is 0 Å². The summed E-state index contributed by atoms with van der Waals surface area (Å²) in [6.45, 7) is 14.8. The monoisotopic (exact) mass is 292 g/mol. The lowest BCUT2D eigenvalue weighted by molar-refractivity contribution is 0.121. The van der Waals surface area contributed by atoms with Crippen LogP contribution in [0.15, 0.2) is 18.2 Å². The Morgan fingerprint density at radius 2 is 1.90 bits per heavy atom. The molecule has 1 aromatic carbocycles. The molecule has 1 aromatic rings. The fraction of sp³-hybridized carbons (Fsp3) is 0.667. The Balaban J connectivity index is 2.85. The van der Waals surface area contributed by atoms with Crippen LogP contribution in [0.25, 0.3) is 0 Å². The minimum absolute atomic E-state index is 0.369. The first kappa shape index (κ1) is 18.1. The normalized spacial score (nSPS) is 13.1. The lowest BCUT2D eigenvalue weighted by Crippen LogP contribution is -2.40. The van der Waals surface area contributed by atoms with Gasteiger partial charge in [0.1, 0.15) is 0 Å². The third-order valence-electron chi connectivity index (χ3n) is 4.11. The van der Waals surface area contributed by atoms with Crippen LogP contribution in [-0.2, 0) is 4.74 Å². The fourth-order valence-corrected chi connectivity index (χ4v) is 2.52. The SMILES string of the molecule is CCNC(CN(CCOC)C(C)C)c1ccc(C)c(C)c1. The molecule has 0 fully saturated rings. The van der Waals surface area contributed by atoms with Crippen LogP contribution in [0.1, 0.15) is 43.5 Å². The van der Waals surface area contributed by atoms with Gasteiger partial charge in [-0.25, -0.2) is 0 Å². The minimum Gasteiger partial charge on any atom is -0.383 e. The number of rotatable bonds is 9. The molecule has 1 N–H and O–H groups in total. The molecule has 0 radical (unpaired) electrons. The van der Waals surface area contributed by atoms with Crippen molar-refractivity contribution in [1.82, 2.24) is 10.2 Å². The number of hydrogen-bond acceptors (Lipinski definition) is 3. The Labute approximate surface area is 130 Å². The third kappa shape index (κ3) is 5.77. The molecular weight excluding hydrogens is 260 g/mol. The zero-order chi connectivity index (χ0) is 15.8. The smallest absolute Gasteiger partial charge is 0.0589 e. The van der Waals surface area contributed by atoms with E-state index in [1.54, 1.807) is 7.11 Å². The highest BCUT2D eigenvalue weighted by atomic mass is 16.5. The Morgan fingerprint density at radius 1 is 1.19 bits per heavy atom. The lowest BCUT2D eigenvalue weighted by Gasteiger charge is -2.31. The summed E-state index contributed by atoms with van der Waals surface area (Å²) in [4.78, 5) is 2.48. The molecule has 0 aliphatic carbocycles. The predicted octanol–water partition coefficient (Wildman–Crippen LogP) is 3.31. The van der Waals surface area contributed by atoms with Crippen molar-refractivity contribution in [3.63, 3.8) is 0 Å². The maximum Gasteiger partial charge on any atom is 0.0589 e. The van der Waals surface area contributed by atoms with Crippen molar-refractivity contribution in [2.24, 2.45) is 0 Å². The predicted molar refractivity (Wildman–Crippen MR) is 90.9 cm³/mol. The summed E-state index contributed by atoms with van der Waals surface area (Å²) in [5.74, 6) is 0. The van der Waals surface area contributed by atoms with E-state index < -0.39 is 0 Å². The van der Waals surface area contributed by atoms with Gasteiger partial charge in [-0.2, -0.15) is 0 Å². The van der Waals surface area contributed by atoms with Crippen LogP contribution < -0.4 is 5.32 Å². The standard InChI is InChI=1S/C18H32N2O/c1-7-19-18(13-20(14(2)3)10-11-21-6)17-9-8-15(4)16(5)12-17/h8-9,12,14,18-19H,7,10-11,13H2,1-6H3. The summed E-state index contributed by atoms with van der Waals surface area (Å²) < 4.78 is 5.24. The molecular formula is C18H32N2O. The lowest BCUT2D eigenvalue weighted by atomic mass is 10.00. The summed E-state index contributed by atoms with van der Waals surface area (Å²) in [5.41, 5.74) is 4.10. The molecule has 120 valence electrons. The van der Waals surface area contributed by atoms with Crippen LogP contribution in [0.2, 0.25) is 0 Å². The third-order valence-corrected chi connectivity index (χ3v) is 4.11. The topological polar surface area (TPSA) is 24.5 Å². The van der Waals surface area contributed by atoms with Crippen molar-refractivity contribution in [3.8, 4) is 0 Å². The zero-order valence-corrected chi connectivity index (χ0v) is 14.6. The molecule has 3 heteroatoms. The number of methoxy groups -OCH3 is 1. The number of hydrogen-bond donors (Lipinski definition) is 1. The number of nitrogens with one attached hydrogen (secondary N) is 1. The largest absolute Gasteiger partial charge is 0.383 e. The molecule has 21 heavy (non-hydrogen) atoms. The van der Waals surface area contributed by atoms with E-state index >= 15 is 0 Å². The average molecular weight is 292 g/mol. The average Bonchev–Trinajstić information content (AvgIpc) is 2.45. The van der Waals surface area contributed by atoms with Crippen molar-refractivity contribution >= 4 is 0 Å². The van der Waals surface area contributed by atoms with E-state index in [2.05, 4.69) is 63.0 Å². The second-order valence-corrected chi connectivity index (χ2v) is 6.04. The molecule has 0 saturated heterocycles. The molecule has 1 atom stereocenters. The van der Waals surface area contributed by atoms with E-state index in [1.165, 1.54) is 16.7 Å². The second-order valence-electron chi connectivity index (χ2n) is 6.04. The van der Waals surface area contributed by atoms with Gasteiger partial charge < -0.3 is 10.1 Å². The molecule has 0 amide bonds.